The van der Waals surface area contributed by atoms with Gasteiger partial charge < -0.3 is 28.6 Å². The van der Waals surface area contributed by atoms with Crippen molar-refractivity contribution in [2.75, 3.05) is 26.7 Å². The van der Waals surface area contributed by atoms with E-state index in [2.05, 4.69) is 4.90 Å². The van der Waals surface area contributed by atoms with Crippen LogP contribution in [0.25, 0.3) is 0 Å². The van der Waals surface area contributed by atoms with Crippen LogP contribution in [0.4, 0.5) is 0 Å². The van der Waals surface area contributed by atoms with E-state index in [0.29, 0.717) is 5.03 Å². The van der Waals surface area contributed by atoms with E-state index < -0.39 is 59.6 Å². The van der Waals surface area contributed by atoms with Crippen LogP contribution in [0.3, 0.4) is 0 Å². The molecule has 0 bridgehead atoms. The van der Waals surface area contributed by atoms with E-state index in [0.717, 1.165) is 38.4 Å². The summed E-state index contributed by atoms with van der Waals surface area (Å²) in [5.74, 6) is -4.81. The second-order valence-corrected chi connectivity index (χ2v) is 10.1. The molecular formula is C25H36N2O11S. The molecule has 2 heterocycles. The summed E-state index contributed by atoms with van der Waals surface area (Å²) in [7, 11) is 1.57. The summed E-state index contributed by atoms with van der Waals surface area (Å²) in [5.41, 5.74) is 0. The van der Waals surface area contributed by atoms with Gasteiger partial charge in [0.15, 0.2) is 24.4 Å². The number of esters is 5. The Morgan fingerprint density at radius 1 is 0.821 bits per heavy atom. The molecule has 0 spiro atoms. The number of likely N-dealkylation sites (tertiary alicyclic amines) is 1. The minimum absolute atomic E-state index is 0.105. The number of amides is 1. The molecule has 0 aromatic rings. The maximum atomic E-state index is 12.6. The first-order valence-electron chi connectivity index (χ1n) is 12.7. The van der Waals surface area contributed by atoms with E-state index in [4.69, 9.17) is 23.7 Å². The molecule has 13 nitrogen and oxygen atoms in total. The fourth-order valence-electron chi connectivity index (χ4n) is 3.60. The lowest BCUT2D eigenvalue weighted by Gasteiger charge is -2.29. The Bertz CT molecular complexity index is 979. The molecule has 2 rings (SSSR count). The van der Waals surface area contributed by atoms with Gasteiger partial charge in [-0.1, -0.05) is 18.2 Å². The summed E-state index contributed by atoms with van der Waals surface area (Å²) in [6.07, 6.45) is -1.11. The molecule has 0 saturated carbocycles. The molecule has 2 aliphatic rings. The van der Waals surface area contributed by atoms with E-state index >= 15 is 0 Å². The van der Waals surface area contributed by atoms with Gasteiger partial charge >= 0.3 is 29.8 Å². The lowest BCUT2D eigenvalue weighted by Crippen LogP contribution is -2.42. The molecular weight excluding hydrogens is 536 g/mol. The van der Waals surface area contributed by atoms with Crippen LogP contribution in [0.1, 0.15) is 53.9 Å². The molecule has 5 atom stereocenters. The van der Waals surface area contributed by atoms with Crippen molar-refractivity contribution in [3.63, 3.8) is 0 Å². The highest BCUT2D eigenvalue weighted by atomic mass is 32.2. The zero-order chi connectivity index (χ0) is 29.3. The van der Waals surface area contributed by atoms with Gasteiger partial charge in [0.2, 0.25) is 0 Å². The van der Waals surface area contributed by atoms with Crippen LogP contribution in [0.15, 0.2) is 11.1 Å². The van der Waals surface area contributed by atoms with E-state index in [1.54, 1.807) is 14.0 Å². The van der Waals surface area contributed by atoms with Crippen molar-refractivity contribution in [3.05, 3.63) is 11.1 Å². The molecule has 1 amide bonds. The number of hydrogen-bond donors (Lipinski definition) is 0. The minimum Gasteiger partial charge on any atom is -0.463 e. The van der Waals surface area contributed by atoms with Crippen molar-refractivity contribution in [1.29, 1.82) is 0 Å². The molecule has 0 aromatic heterocycles. The molecule has 39 heavy (non-hydrogen) atoms. The van der Waals surface area contributed by atoms with Crippen molar-refractivity contribution in [2.24, 2.45) is 0 Å². The third kappa shape index (κ3) is 9.24. The fourth-order valence-corrected chi connectivity index (χ4v) is 4.86. The van der Waals surface area contributed by atoms with E-state index in [1.807, 2.05) is 0 Å². The Kier molecular flexibility index (Phi) is 12.2. The van der Waals surface area contributed by atoms with Gasteiger partial charge in [0, 0.05) is 7.05 Å². The number of ether oxygens (including phenoxy) is 5. The predicted octanol–water partition coefficient (Wildman–Crippen LogP) is 1.13. The first kappa shape index (κ1) is 32.1. The topological polar surface area (TPSA) is 155 Å². The number of rotatable bonds is 11. The molecule has 0 radical (unpaired) electrons. The summed E-state index contributed by atoms with van der Waals surface area (Å²) in [6, 6.07) is 0. The zero-order valence-corrected chi connectivity index (χ0v) is 23.8. The highest BCUT2D eigenvalue weighted by molar-refractivity contribution is 8.04. The number of carbonyl (C=O) groups excluding carboxylic acids is 6. The number of piperidine rings is 1. The number of nitrogens with zero attached hydrogens (tertiary/aromatic N) is 2. The largest absolute Gasteiger partial charge is 0.463 e. The van der Waals surface area contributed by atoms with Crippen LogP contribution in [0, 0.1) is 0 Å². The lowest BCUT2D eigenvalue weighted by molar-refractivity contribution is -0.184. The maximum Gasteiger partial charge on any atom is 0.348 e. The number of carbonyl (C=O) groups is 6. The second kappa shape index (κ2) is 14.9. The van der Waals surface area contributed by atoms with Gasteiger partial charge in [-0.2, -0.15) is 0 Å². The van der Waals surface area contributed by atoms with E-state index in [9.17, 15) is 28.8 Å². The lowest BCUT2D eigenvalue weighted by atomic mass is 10.1. The number of likely N-dealkylation sites (N-methyl/N-ethyl adjacent to an activating group) is 1. The Hall–Kier alpha value is -3.13. The predicted molar refractivity (Wildman–Crippen MR) is 137 cm³/mol. The Morgan fingerprint density at radius 2 is 1.28 bits per heavy atom. The quantitative estimate of drug-likeness (QED) is 0.197. The maximum absolute atomic E-state index is 12.6. The van der Waals surface area contributed by atoms with Crippen LogP contribution < -0.4 is 0 Å². The second-order valence-electron chi connectivity index (χ2n) is 9.02. The van der Waals surface area contributed by atoms with E-state index in [-0.39, 0.29) is 12.5 Å². The third-order valence-corrected chi connectivity index (χ3v) is 7.21. The highest BCUT2D eigenvalue weighted by Gasteiger charge is 2.39. The van der Waals surface area contributed by atoms with E-state index in [1.165, 1.54) is 44.4 Å². The Balaban J connectivity index is 1.83. The Morgan fingerprint density at radius 3 is 1.77 bits per heavy atom. The van der Waals surface area contributed by atoms with Gasteiger partial charge in [0.05, 0.1) is 17.7 Å². The third-order valence-electron chi connectivity index (χ3n) is 5.85. The van der Waals surface area contributed by atoms with Crippen LogP contribution in [-0.2, 0) is 52.5 Å². The molecule has 0 N–H and O–H groups in total. The summed E-state index contributed by atoms with van der Waals surface area (Å²) < 4.78 is 24.7. The van der Waals surface area contributed by atoms with Gasteiger partial charge in [-0.05, 0) is 60.5 Å². The van der Waals surface area contributed by atoms with Gasteiger partial charge in [-0.25, -0.2) is 24.0 Å². The van der Waals surface area contributed by atoms with Crippen LogP contribution >= 0.6 is 11.8 Å². The van der Waals surface area contributed by atoms with Gasteiger partial charge in [0.25, 0.3) is 5.91 Å². The summed E-state index contributed by atoms with van der Waals surface area (Å²) in [4.78, 5) is 76.8. The van der Waals surface area contributed by atoms with Crippen LogP contribution in [0.2, 0.25) is 0 Å². The minimum atomic E-state index is -1.44. The summed E-state index contributed by atoms with van der Waals surface area (Å²) in [6.45, 7) is 8.34. The standard InChI is InChI=1S/C25H36N2O11S/c1-7-34-22(30)14(2)36-24(32)16(4)38-25(33)17(5)37-23(31)15(3)35-19(28)13-18-26(6)20(29)21(39-18)27-11-9-8-10-12-27/h13-17,21H,7-12H2,1-6H3/b18-13+. The smallest absolute Gasteiger partial charge is 0.348 e. The average Bonchev–Trinajstić information content (AvgIpc) is 3.17. The van der Waals surface area contributed by atoms with Gasteiger partial charge in [0.1, 0.15) is 5.37 Å². The summed E-state index contributed by atoms with van der Waals surface area (Å²) in [5, 5.41) is -0.00659. The zero-order valence-electron chi connectivity index (χ0n) is 23.0. The van der Waals surface area contributed by atoms with Crippen molar-refractivity contribution < 1.29 is 52.5 Å². The van der Waals surface area contributed by atoms with Crippen molar-refractivity contribution >= 4 is 47.5 Å². The molecule has 2 fully saturated rings. The number of thioether (sulfide) groups is 1. The molecule has 218 valence electrons. The summed E-state index contributed by atoms with van der Waals surface area (Å²) >= 11 is 1.25. The van der Waals surface area contributed by atoms with Gasteiger partial charge in [-0.3, -0.25) is 9.69 Å². The highest BCUT2D eigenvalue weighted by Crippen LogP contribution is 2.36. The molecule has 2 aliphatic heterocycles. The average molecular weight is 573 g/mol. The van der Waals surface area contributed by atoms with Gasteiger partial charge in [-0.15, -0.1) is 0 Å². The molecule has 0 aromatic carbocycles. The SMILES string of the molecule is CCOC(=O)C(C)OC(=O)C(C)OC(=O)C(C)OC(=O)C(C)OC(=O)/C=C1/SC(N2CCCCC2)C(=O)N1C. The monoisotopic (exact) mass is 572 g/mol. The number of hydrogen-bond acceptors (Lipinski definition) is 13. The van der Waals surface area contributed by atoms with Crippen molar-refractivity contribution in [3.8, 4) is 0 Å². The molecule has 2 saturated heterocycles. The molecule has 0 aliphatic carbocycles. The molecule has 5 unspecified atom stereocenters. The van der Waals surface area contributed by atoms with Crippen molar-refractivity contribution in [1.82, 2.24) is 9.80 Å². The van der Waals surface area contributed by atoms with Crippen LogP contribution in [0.5, 0.6) is 0 Å². The first-order chi connectivity index (χ1) is 18.3. The normalized spacial score (nSPS) is 21.9. The first-order valence-corrected chi connectivity index (χ1v) is 13.6. The Labute approximate surface area is 231 Å². The van der Waals surface area contributed by atoms with Crippen LogP contribution in [-0.4, -0.2) is 102 Å². The fraction of sp³-hybridized carbons (Fsp3) is 0.680. The van der Waals surface area contributed by atoms with Crippen molar-refractivity contribution in [2.45, 2.75) is 83.7 Å². The molecule has 14 heteroatoms.